The molecule has 0 N–H and O–H groups in total. The SMILES string of the molecule is Clc1ccccc1.[Fe].[Fe].[Fe]. The van der Waals surface area contributed by atoms with Gasteiger partial charge in [-0.1, -0.05) is 29.8 Å². The van der Waals surface area contributed by atoms with Crippen LogP contribution in [0.5, 0.6) is 0 Å². The largest absolute Gasteiger partial charge is 0.0843 e. The molecule has 4 heteroatoms. The van der Waals surface area contributed by atoms with Crippen LogP contribution < -0.4 is 0 Å². The summed E-state index contributed by atoms with van der Waals surface area (Å²) in [7, 11) is 0. The van der Waals surface area contributed by atoms with Gasteiger partial charge >= 0.3 is 0 Å². The number of hydrogen-bond acceptors (Lipinski definition) is 0. The molecule has 0 bridgehead atoms. The second-order valence-electron chi connectivity index (χ2n) is 1.30. The Kier molecular flexibility index (Phi) is 17.4. The van der Waals surface area contributed by atoms with Crippen molar-refractivity contribution in [3.63, 3.8) is 0 Å². The monoisotopic (exact) mass is 280 g/mol. The van der Waals surface area contributed by atoms with Crippen LogP contribution in [0.25, 0.3) is 0 Å². The van der Waals surface area contributed by atoms with Crippen LogP contribution in [0.4, 0.5) is 0 Å². The molecule has 0 spiro atoms. The van der Waals surface area contributed by atoms with E-state index in [1.165, 1.54) is 0 Å². The minimum absolute atomic E-state index is 0. The van der Waals surface area contributed by atoms with Gasteiger partial charge in [-0.15, -0.1) is 0 Å². The minimum Gasteiger partial charge on any atom is -0.0843 e. The molecule has 60 valence electrons. The Hall–Kier alpha value is 1.07. The molecule has 1 rings (SSSR count). The second-order valence-corrected chi connectivity index (χ2v) is 1.73. The van der Waals surface area contributed by atoms with Crippen LogP contribution in [0.3, 0.4) is 0 Å². The van der Waals surface area contributed by atoms with Gasteiger partial charge in [0.25, 0.3) is 0 Å². The third-order valence-electron chi connectivity index (χ3n) is 0.733. The van der Waals surface area contributed by atoms with Crippen LogP contribution in [0.15, 0.2) is 30.3 Å². The van der Waals surface area contributed by atoms with Crippen molar-refractivity contribution in [1.29, 1.82) is 0 Å². The van der Waals surface area contributed by atoms with Crippen molar-refractivity contribution in [3.05, 3.63) is 35.4 Å². The average molecular weight is 280 g/mol. The summed E-state index contributed by atoms with van der Waals surface area (Å²) in [6, 6.07) is 9.44. The summed E-state index contributed by atoms with van der Waals surface area (Å²) in [6.07, 6.45) is 0. The van der Waals surface area contributed by atoms with Gasteiger partial charge in [0.05, 0.1) is 0 Å². The predicted octanol–water partition coefficient (Wildman–Crippen LogP) is 2.33. The molecular weight excluding hydrogens is 275 g/mol. The van der Waals surface area contributed by atoms with Crippen molar-refractivity contribution < 1.29 is 51.2 Å². The van der Waals surface area contributed by atoms with Gasteiger partial charge in [0.2, 0.25) is 0 Å². The van der Waals surface area contributed by atoms with E-state index in [1.54, 1.807) is 0 Å². The molecule has 0 atom stereocenters. The smallest absolute Gasteiger partial charge is 0.0405 e. The molecule has 1 aromatic rings. The number of benzene rings is 1. The maximum atomic E-state index is 5.54. The van der Waals surface area contributed by atoms with Gasteiger partial charge in [0, 0.05) is 56.2 Å². The Morgan fingerprint density at radius 3 is 1.40 bits per heavy atom. The molecule has 0 aliphatic heterocycles. The molecule has 1 aromatic carbocycles. The van der Waals surface area contributed by atoms with Crippen molar-refractivity contribution in [2.75, 3.05) is 0 Å². The first-order valence-electron chi connectivity index (χ1n) is 2.10. The maximum Gasteiger partial charge on any atom is 0.0405 e. The van der Waals surface area contributed by atoms with E-state index in [9.17, 15) is 0 Å². The topological polar surface area (TPSA) is 0 Å². The summed E-state index contributed by atoms with van der Waals surface area (Å²) in [5, 5.41) is 0.794. The molecule has 0 saturated heterocycles. The molecule has 0 unspecified atom stereocenters. The summed E-state index contributed by atoms with van der Waals surface area (Å²) in [6.45, 7) is 0. The normalized spacial score (nSPS) is 6.10. The molecule has 0 nitrogen and oxygen atoms in total. The summed E-state index contributed by atoms with van der Waals surface area (Å²) < 4.78 is 0. The van der Waals surface area contributed by atoms with E-state index in [-0.39, 0.29) is 51.2 Å². The van der Waals surface area contributed by atoms with E-state index in [4.69, 9.17) is 11.6 Å². The van der Waals surface area contributed by atoms with E-state index < -0.39 is 0 Å². The van der Waals surface area contributed by atoms with Gasteiger partial charge in [-0.25, -0.2) is 0 Å². The van der Waals surface area contributed by atoms with E-state index in [1.807, 2.05) is 30.3 Å². The molecular formula is C6H5ClFe3. The van der Waals surface area contributed by atoms with Crippen LogP contribution in [0.1, 0.15) is 0 Å². The zero-order valence-electron chi connectivity index (χ0n) is 4.83. The van der Waals surface area contributed by atoms with E-state index in [2.05, 4.69) is 0 Å². The van der Waals surface area contributed by atoms with Gasteiger partial charge in [-0.05, 0) is 12.1 Å². The maximum absolute atomic E-state index is 5.54. The molecule has 0 fully saturated rings. The molecule has 0 aromatic heterocycles. The molecule has 10 heavy (non-hydrogen) atoms. The number of hydrogen-bond donors (Lipinski definition) is 0. The van der Waals surface area contributed by atoms with Gasteiger partial charge in [-0.2, -0.15) is 0 Å². The summed E-state index contributed by atoms with van der Waals surface area (Å²) in [5.74, 6) is 0. The first-order valence-corrected chi connectivity index (χ1v) is 2.48. The Morgan fingerprint density at radius 1 is 0.800 bits per heavy atom. The summed E-state index contributed by atoms with van der Waals surface area (Å²) >= 11 is 5.54. The van der Waals surface area contributed by atoms with Gasteiger partial charge < -0.3 is 0 Å². The Morgan fingerprint density at radius 2 is 1.20 bits per heavy atom. The zero-order chi connectivity index (χ0) is 5.11. The van der Waals surface area contributed by atoms with Crippen LogP contribution in [0, 0.1) is 0 Å². The minimum atomic E-state index is 0. The molecule has 0 heterocycles. The van der Waals surface area contributed by atoms with E-state index in [0.717, 1.165) is 5.02 Å². The van der Waals surface area contributed by atoms with Crippen LogP contribution in [-0.2, 0) is 51.2 Å². The van der Waals surface area contributed by atoms with Crippen molar-refractivity contribution >= 4 is 11.6 Å². The van der Waals surface area contributed by atoms with Crippen molar-refractivity contribution in [2.24, 2.45) is 0 Å². The fraction of sp³-hybridized carbons (Fsp3) is 0. The summed E-state index contributed by atoms with van der Waals surface area (Å²) in [5.41, 5.74) is 0. The van der Waals surface area contributed by atoms with Gasteiger partial charge in [-0.3, -0.25) is 0 Å². The fourth-order valence-corrected chi connectivity index (χ4v) is 0.560. The molecule has 0 amide bonds. The van der Waals surface area contributed by atoms with Crippen LogP contribution in [0.2, 0.25) is 5.02 Å². The fourth-order valence-electron chi connectivity index (χ4n) is 0.415. The molecule has 0 aliphatic carbocycles. The quantitative estimate of drug-likeness (QED) is 0.640. The third kappa shape index (κ3) is 7.18. The van der Waals surface area contributed by atoms with E-state index >= 15 is 0 Å². The first-order chi connectivity index (χ1) is 3.39. The molecule has 0 aliphatic rings. The molecule has 0 radical (unpaired) electrons. The van der Waals surface area contributed by atoms with Crippen molar-refractivity contribution in [2.45, 2.75) is 0 Å². The van der Waals surface area contributed by atoms with Crippen LogP contribution in [-0.4, -0.2) is 0 Å². The first kappa shape index (κ1) is 17.2. The standard InChI is InChI=1S/C6H5Cl.3Fe/c7-6-4-2-1-3-5-6;;;/h1-5H;;;. The average Bonchev–Trinajstić information content (AvgIpc) is 1.69. The summed E-state index contributed by atoms with van der Waals surface area (Å²) in [4.78, 5) is 0. The number of halogens is 1. The van der Waals surface area contributed by atoms with Crippen LogP contribution >= 0.6 is 11.6 Å². The van der Waals surface area contributed by atoms with Gasteiger partial charge in [0.1, 0.15) is 0 Å². The Balaban J connectivity index is -0.000000163. The van der Waals surface area contributed by atoms with E-state index in [0.29, 0.717) is 0 Å². The number of rotatable bonds is 0. The zero-order valence-corrected chi connectivity index (χ0v) is 8.89. The second kappa shape index (κ2) is 10.1. The molecule has 0 saturated carbocycles. The van der Waals surface area contributed by atoms with Gasteiger partial charge in [0.15, 0.2) is 0 Å². The van der Waals surface area contributed by atoms with Crippen molar-refractivity contribution in [3.8, 4) is 0 Å². The Labute approximate surface area is 97.5 Å². The Bertz CT molecular complexity index is 143. The predicted molar refractivity (Wildman–Crippen MR) is 31.5 cm³/mol. The van der Waals surface area contributed by atoms with Crippen molar-refractivity contribution in [1.82, 2.24) is 0 Å². The third-order valence-corrected chi connectivity index (χ3v) is 0.985.